The molecule has 3 aromatic rings. The number of hydrogen-bond donors (Lipinski definition) is 1. The van der Waals surface area contributed by atoms with Crippen LogP contribution in [0.1, 0.15) is 29.5 Å². The Balaban J connectivity index is 1.43. The minimum absolute atomic E-state index is 0.0850. The number of hydrogen-bond acceptors (Lipinski definition) is 6. The molecule has 0 radical (unpaired) electrons. The molecule has 0 bridgehead atoms. The third-order valence-electron chi connectivity index (χ3n) is 4.81. The molecule has 1 aliphatic rings. The molecule has 154 valence electrons. The van der Waals surface area contributed by atoms with E-state index in [1.807, 2.05) is 0 Å². The monoisotopic (exact) mass is 407 g/mol. The molecule has 1 amide bonds. The second kappa shape index (κ2) is 8.36. The lowest BCUT2D eigenvalue weighted by molar-refractivity contribution is -0.118. The van der Waals surface area contributed by atoms with Crippen LogP contribution in [-0.4, -0.2) is 34.6 Å². The molecule has 0 aliphatic carbocycles. The molecule has 2 aromatic carbocycles. The minimum Gasteiger partial charge on any atom is -0.484 e. The van der Waals surface area contributed by atoms with Gasteiger partial charge in [-0.05, 0) is 49.7 Å². The van der Waals surface area contributed by atoms with Crippen molar-refractivity contribution in [1.82, 2.24) is 9.55 Å². The highest BCUT2D eigenvalue weighted by Crippen LogP contribution is 2.20. The van der Waals surface area contributed by atoms with Crippen molar-refractivity contribution in [2.45, 2.75) is 26.3 Å². The Kier molecular flexibility index (Phi) is 5.47. The molecule has 0 fully saturated rings. The lowest BCUT2D eigenvalue weighted by atomic mass is 10.2. The lowest BCUT2D eigenvalue weighted by Gasteiger charge is -2.10. The number of anilines is 1. The van der Waals surface area contributed by atoms with E-state index in [1.165, 1.54) is 0 Å². The molecular weight excluding hydrogens is 386 g/mol. The summed E-state index contributed by atoms with van der Waals surface area (Å²) in [6.45, 7) is 2.44. The van der Waals surface area contributed by atoms with Gasteiger partial charge in [-0.3, -0.25) is 14.2 Å². The average Bonchev–Trinajstić information content (AvgIpc) is 3.22. The van der Waals surface area contributed by atoms with Gasteiger partial charge in [0.25, 0.3) is 11.5 Å². The molecule has 8 nitrogen and oxygen atoms in total. The molecule has 0 saturated carbocycles. The van der Waals surface area contributed by atoms with Crippen molar-refractivity contribution in [2.75, 3.05) is 18.5 Å². The van der Waals surface area contributed by atoms with Crippen LogP contribution in [-0.2, 0) is 22.5 Å². The van der Waals surface area contributed by atoms with Crippen LogP contribution in [0.25, 0.3) is 10.9 Å². The summed E-state index contributed by atoms with van der Waals surface area (Å²) in [5.41, 5.74) is 1.36. The molecule has 4 rings (SSSR count). The van der Waals surface area contributed by atoms with Gasteiger partial charge in [-0.15, -0.1) is 0 Å². The van der Waals surface area contributed by atoms with E-state index in [9.17, 15) is 14.4 Å². The molecule has 1 aromatic heterocycles. The van der Waals surface area contributed by atoms with E-state index in [0.29, 0.717) is 34.4 Å². The Labute approximate surface area is 172 Å². The van der Waals surface area contributed by atoms with E-state index >= 15 is 0 Å². The Morgan fingerprint density at radius 2 is 2.07 bits per heavy atom. The summed E-state index contributed by atoms with van der Waals surface area (Å²) in [5.74, 6) is 0.383. The second-order valence-electron chi connectivity index (χ2n) is 6.91. The predicted octanol–water partition coefficient (Wildman–Crippen LogP) is 2.54. The van der Waals surface area contributed by atoms with Crippen LogP contribution in [0.5, 0.6) is 5.75 Å². The van der Waals surface area contributed by atoms with Crippen molar-refractivity contribution in [1.29, 1.82) is 0 Å². The summed E-state index contributed by atoms with van der Waals surface area (Å²) in [7, 11) is 0. The predicted molar refractivity (Wildman–Crippen MR) is 111 cm³/mol. The molecule has 30 heavy (non-hydrogen) atoms. The summed E-state index contributed by atoms with van der Waals surface area (Å²) in [6.07, 6.45) is 1.72. The van der Waals surface area contributed by atoms with E-state index in [2.05, 4.69) is 10.3 Å². The van der Waals surface area contributed by atoms with Crippen LogP contribution in [0.3, 0.4) is 0 Å². The van der Waals surface area contributed by atoms with Gasteiger partial charge in [0.15, 0.2) is 6.61 Å². The maximum Gasteiger partial charge on any atom is 0.338 e. The molecule has 0 saturated heterocycles. The third-order valence-corrected chi connectivity index (χ3v) is 4.81. The molecular formula is C22H21N3O5. The van der Waals surface area contributed by atoms with Gasteiger partial charge in [0.2, 0.25) is 0 Å². The number of carbonyl (C=O) groups is 2. The van der Waals surface area contributed by atoms with Gasteiger partial charge >= 0.3 is 5.97 Å². The summed E-state index contributed by atoms with van der Waals surface area (Å²) >= 11 is 0. The number of aromatic nitrogens is 2. The maximum absolute atomic E-state index is 12.6. The first-order valence-corrected chi connectivity index (χ1v) is 9.78. The number of esters is 1. The van der Waals surface area contributed by atoms with Crippen molar-refractivity contribution in [3.63, 3.8) is 0 Å². The first-order chi connectivity index (χ1) is 14.5. The van der Waals surface area contributed by atoms with Crippen LogP contribution < -0.4 is 15.6 Å². The van der Waals surface area contributed by atoms with E-state index in [0.717, 1.165) is 18.7 Å². The SMILES string of the molecule is CCOC(=O)c1cccc(NC(=O)COc2ccc3nc4n(c(=O)c3c2)CCC4)c1. The normalized spacial score (nSPS) is 12.4. The summed E-state index contributed by atoms with van der Waals surface area (Å²) < 4.78 is 12.2. The van der Waals surface area contributed by atoms with E-state index < -0.39 is 5.97 Å². The second-order valence-corrected chi connectivity index (χ2v) is 6.91. The van der Waals surface area contributed by atoms with Crippen molar-refractivity contribution in [2.24, 2.45) is 0 Å². The lowest BCUT2D eigenvalue weighted by Crippen LogP contribution is -2.22. The van der Waals surface area contributed by atoms with Gasteiger partial charge < -0.3 is 14.8 Å². The van der Waals surface area contributed by atoms with Crippen LogP contribution in [0.4, 0.5) is 5.69 Å². The van der Waals surface area contributed by atoms with E-state index in [4.69, 9.17) is 9.47 Å². The van der Waals surface area contributed by atoms with Crippen molar-refractivity contribution < 1.29 is 19.1 Å². The zero-order valence-electron chi connectivity index (χ0n) is 16.5. The number of rotatable bonds is 6. The molecule has 1 aliphatic heterocycles. The van der Waals surface area contributed by atoms with Gasteiger partial charge in [-0.2, -0.15) is 0 Å². The number of fused-ring (bicyclic) bond motifs is 2. The summed E-state index contributed by atoms with van der Waals surface area (Å²) in [4.78, 5) is 41.2. The fourth-order valence-electron chi connectivity index (χ4n) is 3.44. The molecule has 8 heteroatoms. The van der Waals surface area contributed by atoms with Gasteiger partial charge in [-0.1, -0.05) is 6.07 Å². The van der Waals surface area contributed by atoms with Crippen LogP contribution in [0, 0.1) is 0 Å². The first kappa shape index (κ1) is 19.6. The number of amides is 1. The molecule has 0 spiro atoms. The van der Waals surface area contributed by atoms with Gasteiger partial charge in [0.05, 0.1) is 23.1 Å². The Bertz CT molecular complexity index is 1190. The standard InChI is InChI=1S/C22H21N3O5/c1-2-29-22(28)14-5-3-6-15(11-14)23-20(26)13-30-16-8-9-18-17(12-16)21(27)25-10-4-7-19(25)24-18/h3,5-6,8-9,11-12H,2,4,7,10,13H2,1H3,(H,23,26). The van der Waals surface area contributed by atoms with E-state index in [-0.39, 0.29) is 24.7 Å². The zero-order chi connectivity index (χ0) is 21.1. The van der Waals surface area contributed by atoms with Gasteiger partial charge in [0, 0.05) is 18.7 Å². The first-order valence-electron chi connectivity index (χ1n) is 9.78. The quantitative estimate of drug-likeness (QED) is 0.631. The largest absolute Gasteiger partial charge is 0.484 e. The summed E-state index contributed by atoms with van der Waals surface area (Å²) in [5, 5.41) is 3.16. The Morgan fingerprint density at radius 3 is 2.90 bits per heavy atom. The molecule has 0 unspecified atom stereocenters. The topological polar surface area (TPSA) is 99.5 Å². The van der Waals surface area contributed by atoms with Gasteiger partial charge in [-0.25, -0.2) is 9.78 Å². The summed E-state index contributed by atoms with van der Waals surface area (Å²) in [6, 6.07) is 11.5. The Morgan fingerprint density at radius 1 is 1.20 bits per heavy atom. The Hall–Kier alpha value is -3.68. The van der Waals surface area contributed by atoms with Crippen molar-refractivity contribution >= 4 is 28.5 Å². The highest BCUT2D eigenvalue weighted by atomic mass is 16.5. The smallest absolute Gasteiger partial charge is 0.338 e. The highest BCUT2D eigenvalue weighted by Gasteiger charge is 2.16. The molecule has 0 atom stereocenters. The number of carbonyl (C=O) groups excluding carboxylic acids is 2. The number of aryl methyl sites for hydroxylation is 1. The van der Waals surface area contributed by atoms with Crippen LogP contribution >= 0.6 is 0 Å². The van der Waals surface area contributed by atoms with Crippen molar-refractivity contribution in [3.8, 4) is 5.75 Å². The number of ether oxygens (including phenoxy) is 2. The number of nitrogens with zero attached hydrogens (tertiary/aromatic N) is 2. The minimum atomic E-state index is -0.451. The fourth-order valence-corrected chi connectivity index (χ4v) is 3.44. The number of benzene rings is 2. The zero-order valence-corrected chi connectivity index (χ0v) is 16.5. The maximum atomic E-state index is 12.6. The van der Waals surface area contributed by atoms with Crippen LogP contribution in [0.15, 0.2) is 47.3 Å². The van der Waals surface area contributed by atoms with E-state index in [1.54, 1.807) is 54.0 Å². The highest BCUT2D eigenvalue weighted by molar-refractivity contribution is 5.95. The fraction of sp³-hybridized carbons (Fsp3) is 0.273. The third kappa shape index (κ3) is 4.03. The average molecular weight is 407 g/mol. The molecule has 2 heterocycles. The van der Waals surface area contributed by atoms with Crippen LogP contribution in [0.2, 0.25) is 0 Å². The molecule has 1 N–H and O–H groups in total. The van der Waals surface area contributed by atoms with Gasteiger partial charge in [0.1, 0.15) is 11.6 Å². The van der Waals surface area contributed by atoms with Crippen molar-refractivity contribution in [3.05, 3.63) is 64.2 Å². The number of nitrogens with one attached hydrogen (secondary N) is 1.